The van der Waals surface area contributed by atoms with Gasteiger partial charge in [-0.15, -0.1) is 0 Å². The van der Waals surface area contributed by atoms with Crippen LogP contribution < -0.4 is 0 Å². The average molecular weight is 344 g/mol. The van der Waals surface area contributed by atoms with Gasteiger partial charge >= 0.3 is 0 Å². The number of nitrogens with zero attached hydrogens (tertiary/aromatic N) is 1. The van der Waals surface area contributed by atoms with Crippen molar-refractivity contribution in [3.63, 3.8) is 0 Å². The van der Waals surface area contributed by atoms with Gasteiger partial charge in [0.05, 0.1) is 0 Å². The highest BCUT2D eigenvalue weighted by Crippen LogP contribution is 2.23. The second kappa shape index (κ2) is 7.82. The molecule has 0 aliphatic carbocycles. The van der Waals surface area contributed by atoms with Gasteiger partial charge in [-0.25, -0.2) is 0 Å². The number of hydrogen-bond acceptors (Lipinski definition) is 3. The van der Waals surface area contributed by atoms with Crippen molar-refractivity contribution in [1.29, 1.82) is 0 Å². The molecule has 1 aliphatic rings. The quantitative estimate of drug-likeness (QED) is 0.828. The molecule has 24 heavy (non-hydrogen) atoms. The molecular formula is C20H22ClNO2. The summed E-state index contributed by atoms with van der Waals surface area (Å²) in [5, 5.41) is 9.98. The number of phenolic OH excluding ortho intramolecular Hbond substituents is 1. The summed E-state index contributed by atoms with van der Waals surface area (Å²) in [4.78, 5) is 15.0. The largest absolute Gasteiger partial charge is 0.508 e. The van der Waals surface area contributed by atoms with E-state index in [0.29, 0.717) is 10.8 Å². The lowest BCUT2D eigenvalue weighted by atomic mass is 9.89. The number of carbonyl (C=O) groups is 1. The number of rotatable bonds is 5. The Labute approximate surface area is 147 Å². The van der Waals surface area contributed by atoms with E-state index in [1.165, 1.54) is 5.56 Å². The summed E-state index contributed by atoms with van der Waals surface area (Å²) in [5.41, 5.74) is 1.99. The van der Waals surface area contributed by atoms with Crippen LogP contribution in [0.15, 0.2) is 48.5 Å². The maximum absolute atomic E-state index is 12.5. The molecule has 4 heteroatoms. The lowest BCUT2D eigenvalue weighted by Crippen LogP contribution is -2.37. The number of ketones is 1. The number of benzene rings is 2. The first-order valence-corrected chi connectivity index (χ1v) is 8.79. The van der Waals surface area contributed by atoms with E-state index < -0.39 is 0 Å². The summed E-state index contributed by atoms with van der Waals surface area (Å²) < 4.78 is 0. The van der Waals surface area contributed by atoms with Crippen LogP contribution >= 0.6 is 11.6 Å². The molecule has 2 aromatic carbocycles. The Kier molecular flexibility index (Phi) is 5.54. The van der Waals surface area contributed by atoms with Gasteiger partial charge < -0.3 is 10.0 Å². The van der Waals surface area contributed by atoms with E-state index in [0.717, 1.165) is 44.5 Å². The Balaban J connectivity index is 1.47. The van der Waals surface area contributed by atoms with Crippen molar-refractivity contribution in [2.24, 2.45) is 5.92 Å². The van der Waals surface area contributed by atoms with Crippen molar-refractivity contribution in [2.75, 3.05) is 19.6 Å². The highest BCUT2D eigenvalue weighted by atomic mass is 35.5. The molecule has 0 unspecified atom stereocenters. The van der Waals surface area contributed by atoms with Crippen LogP contribution in [-0.2, 0) is 6.42 Å². The fraction of sp³-hybridized carbons (Fsp3) is 0.350. The Morgan fingerprint density at radius 1 is 1.04 bits per heavy atom. The van der Waals surface area contributed by atoms with Gasteiger partial charge in [0.2, 0.25) is 0 Å². The van der Waals surface area contributed by atoms with E-state index in [1.54, 1.807) is 24.3 Å². The van der Waals surface area contributed by atoms with Crippen LogP contribution in [-0.4, -0.2) is 35.4 Å². The van der Waals surface area contributed by atoms with Gasteiger partial charge in [0.15, 0.2) is 5.78 Å². The molecule has 2 aromatic rings. The van der Waals surface area contributed by atoms with Crippen LogP contribution in [0.25, 0.3) is 0 Å². The topological polar surface area (TPSA) is 40.5 Å². The Bertz CT molecular complexity index is 674. The van der Waals surface area contributed by atoms with Gasteiger partial charge in [-0.3, -0.25) is 4.79 Å². The number of halogens is 1. The predicted octanol–water partition coefficient (Wildman–Crippen LogP) is 4.18. The zero-order valence-electron chi connectivity index (χ0n) is 13.6. The van der Waals surface area contributed by atoms with Gasteiger partial charge in [-0.1, -0.05) is 23.7 Å². The zero-order valence-corrected chi connectivity index (χ0v) is 14.4. The van der Waals surface area contributed by atoms with Gasteiger partial charge in [0.1, 0.15) is 5.75 Å². The minimum atomic E-state index is 0.121. The maximum Gasteiger partial charge on any atom is 0.166 e. The summed E-state index contributed by atoms with van der Waals surface area (Å²) in [5.74, 6) is 0.668. The molecule has 1 heterocycles. The molecular weight excluding hydrogens is 322 g/mol. The SMILES string of the molecule is O=C(c1ccc(Cl)cc1)C1CCN(CCc2ccc(O)cc2)CC1. The zero-order chi connectivity index (χ0) is 16.9. The van der Waals surface area contributed by atoms with Crippen LogP contribution in [0.3, 0.4) is 0 Å². The second-order valence-electron chi connectivity index (χ2n) is 6.40. The second-order valence-corrected chi connectivity index (χ2v) is 6.84. The number of Topliss-reactive ketones (excluding diaryl/α,β-unsaturated/α-hetero) is 1. The summed E-state index contributed by atoms with van der Waals surface area (Å²) >= 11 is 5.88. The Morgan fingerprint density at radius 3 is 2.29 bits per heavy atom. The number of aromatic hydroxyl groups is 1. The predicted molar refractivity (Wildman–Crippen MR) is 96.8 cm³/mol. The van der Waals surface area contributed by atoms with Gasteiger partial charge in [0.25, 0.3) is 0 Å². The highest BCUT2D eigenvalue weighted by Gasteiger charge is 2.25. The molecule has 1 saturated heterocycles. The van der Waals surface area contributed by atoms with E-state index in [4.69, 9.17) is 11.6 Å². The van der Waals surface area contributed by atoms with Crippen LogP contribution in [0.4, 0.5) is 0 Å². The first-order valence-electron chi connectivity index (χ1n) is 8.42. The molecule has 0 radical (unpaired) electrons. The van der Waals surface area contributed by atoms with E-state index >= 15 is 0 Å². The van der Waals surface area contributed by atoms with Crippen molar-refractivity contribution in [2.45, 2.75) is 19.3 Å². The molecule has 0 atom stereocenters. The molecule has 3 rings (SSSR count). The summed E-state index contributed by atoms with van der Waals surface area (Å²) in [7, 11) is 0. The smallest absolute Gasteiger partial charge is 0.166 e. The molecule has 0 amide bonds. The standard InChI is InChI=1S/C20H22ClNO2/c21-18-5-3-16(4-6-18)20(24)17-10-13-22(14-11-17)12-9-15-1-7-19(23)8-2-15/h1-8,17,23H,9-14H2. The minimum absolute atomic E-state index is 0.121. The number of hydrogen-bond donors (Lipinski definition) is 1. The Morgan fingerprint density at radius 2 is 1.67 bits per heavy atom. The summed E-state index contributed by atoms with van der Waals surface area (Å²) in [6.45, 7) is 2.91. The van der Waals surface area contributed by atoms with Crippen molar-refractivity contribution in [3.8, 4) is 5.75 Å². The van der Waals surface area contributed by atoms with Gasteiger partial charge in [-0.05, 0) is 74.3 Å². The third-order valence-electron chi connectivity index (χ3n) is 4.74. The number of likely N-dealkylation sites (tertiary alicyclic amines) is 1. The van der Waals surface area contributed by atoms with Gasteiger partial charge in [-0.2, -0.15) is 0 Å². The fourth-order valence-corrected chi connectivity index (χ4v) is 3.34. The minimum Gasteiger partial charge on any atom is -0.508 e. The van der Waals surface area contributed by atoms with Crippen molar-refractivity contribution in [1.82, 2.24) is 4.90 Å². The van der Waals surface area contributed by atoms with E-state index in [9.17, 15) is 9.90 Å². The number of carbonyl (C=O) groups excluding carboxylic acids is 1. The van der Waals surface area contributed by atoms with Crippen molar-refractivity contribution < 1.29 is 9.90 Å². The van der Waals surface area contributed by atoms with Crippen LogP contribution in [0, 0.1) is 5.92 Å². The lowest BCUT2D eigenvalue weighted by molar-refractivity contribution is 0.0841. The molecule has 0 aromatic heterocycles. The van der Waals surface area contributed by atoms with E-state index in [1.807, 2.05) is 24.3 Å². The number of piperidine rings is 1. The number of phenols is 1. The molecule has 1 N–H and O–H groups in total. The third kappa shape index (κ3) is 4.37. The first-order chi connectivity index (χ1) is 11.6. The van der Waals surface area contributed by atoms with Gasteiger partial charge in [0, 0.05) is 23.0 Å². The molecule has 1 aliphatic heterocycles. The van der Waals surface area contributed by atoms with E-state index in [-0.39, 0.29) is 11.7 Å². The Hall–Kier alpha value is -1.84. The molecule has 0 spiro atoms. The average Bonchev–Trinajstić information content (AvgIpc) is 2.62. The van der Waals surface area contributed by atoms with E-state index in [2.05, 4.69) is 4.90 Å². The maximum atomic E-state index is 12.5. The normalized spacial score (nSPS) is 16.2. The lowest BCUT2D eigenvalue weighted by Gasteiger charge is -2.31. The first kappa shape index (κ1) is 17.0. The third-order valence-corrected chi connectivity index (χ3v) is 4.99. The molecule has 0 bridgehead atoms. The van der Waals surface area contributed by atoms with Crippen LogP contribution in [0.5, 0.6) is 5.75 Å². The molecule has 1 fully saturated rings. The molecule has 3 nitrogen and oxygen atoms in total. The monoisotopic (exact) mass is 343 g/mol. The van der Waals surface area contributed by atoms with Crippen molar-refractivity contribution >= 4 is 17.4 Å². The molecule has 126 valence electrons. The van der Waals surface area contributed by atoms with Crippen LogP contribution in [0.2, 0.25) is 5.02 Å². The highest BCUT2D eigenvalue weighted by molar-refractivity contribution is 6.30. The van der Waals surface area contributed by atoms with Crippen LogP contribution in [0.1, 0.15) is 28.8 Å². The van der Waals surface area contributed by atoms with Crippen molar-refractivity contribution in [3.05, 3.63) is 64.7 Å². The summed E-state index contributed by atoms with van der Waals surface area (Å²) in [6, 6.07) is 14.6. The fourth-order valence-electron chi connectivity index (χ4n) is 3.22. The summed E-state index contributed by atoms with van der Waals surface area (Å²) in [6.07, 6.45) is 2.80. The molecule has 0 saturated carbocycles.